The lowest BCUT2D eigenvalue weighted by Gasteiger charge is -2.14. The summed E-state index contributed by atoms with van der Waals surface area (Å²) in [7, 11) is 0. The summed E-state index contributed by atoms with van der Waals surface area (Å²) in [5.41, 5.74) is 3.49. The fourth-order valence-electron chi connectivity index (χ4n) is 3.29. The van der Waals surface area contributed by atoms with E-state index in [-0.39, 0.29) is 25.6 Å². The van der Waals surface area contributed by atoms with Gasteiger partial charge in [0.2, 0.25) is 6.79 Å². The van der Waals surface area contributed by atoms with Gasteiger partial charge in [-0.25, -0.2) is 0 Å². The van der Waals surface area contributed by atoms with E-state index in [9.17, 15) is 9.59 Å². The third kappa shape index (κ3) is 3.10. The highest BCUT2D eigenvalue weighted by atomic mass is 16.7. The first-order valence-corrected chi connectivity index (χ1v) is 8.56. The highest BCUT2D eigenvalue weighted by molar-refractivity contribution is 6.01. The van der Waals surface area contributed by atoms with Gasteiger partial charge < -0.3 is 19.3 Å². The number of ketones is 1. The second-order valence-electron chi connectivity index (χ2n) is 6.34. The predicted molar refractivity (Wildman–Crippen MR) is 93.0 cm³/mol. The van der Waals surface area contributed by atoms with Gasteiger partial charge in [0.25, 0.3) is 0 Å². The Bertz CT molecular complexity index is 886. The number of benzene rings is 2. The van der Waals surface area contributed by atoms with E-state index in [1.807, 2.05) is 24.3 Å². The average Bonchev–Trinajstić information content (AvgIpc) is 3.24. The first-order valence-electron chi connectivity index (χ1n) is 8.56. The van der Waals surface area contributed by atoms with Gasteiger partial charge in [-0.15, -0.1) is 0 Å². The highest BCUT2D eigenvalue weighted by Gasteiger charge is 2.24. The summed E-state index contributed by atoms with van der Waals surface area (Å²) < 4.78 is 16.7. The second kappa shape index (κ2) is 6.71. The number of aryl methyl sites for hydroxylation is 1. The fourth-order valence-corrected chi connectivity index (χ4v) is 3.29. The lowest BCUT2D eigenvalue weighted by atomic mass is 9.98. The van der Waals surface area contributed by atoms with Gasteiger partial charge >= 0.3 is 5.97 Å². The molecule has 0 radical (unpaired) electrons. The molecular weight excluding hydrogens is 336 g/mol. The van der Waals surface area contributed by atoms with E-state index < -0.39 is 5.97 Å². The van der Waals surface area contributed by atoms with Gasteiger partial charge in [-0.2, -0.15) is 0 Å². The molecule has 0 atom stereocenters. The Labute approximate surface area is 150 Å². The molecule has 0 spiro atoms. The molecule has 2 aliphatic rings. The summed E-state index contributed by atoms with van der Waals surface area (Å²) in [6.45, 7) is 0.479. The molecule has 134 valence electrons. The molecule has 2 aromatic carbocycles. The van der Waals surface area contributed by atoms with Crippen molar-refractivity contribution in [2.75, 3.05) is 13.4 Å². The minimum absolute atomic E-state index is 0.0449. The van der Waals surface area contributed by atoms with Gasteiger partial charge in [-0.05, 0) is 48.2 Å². The zero-order chi connectivity index (χ0) is 18.1. The van der Waals surface area contributed by atoms with Crippen LogP contribution in [0.2, 0.25) is 0 Å². The average molecular weight is 354 g/mol. The maximum Gasteiger partial charge on any atom is 0.303 e. The SMILES string of the molecule is O=C(O)CCCOc1cc2c(cc1-c1ccc3c(c1)OCO3)CCC2=O. The summed E-state index contributed by atoms with van der Waals surface area (Å²) in [5.74, 6) is 1.23. The predicted octanol–water partition coefficient (Wildman–Crippen LogP) is 3.45. The van der Waals surface area contributed by atoms with Gasteiger partial charge in [0.05, 0.1) is 6.61 Å². The maximum absolute atomic E-state index is 12.1. The molecule has 0 amide bonds. The van der Waals surface area contributed by atoms with Crippen LogP contribution in [0, 0.1) is 0 Å². The Balaban J connectivity index is 1.68. The van der Waals surface area contributed by atoms with Gasteiger partial charge in [0, 0.05) is 24.0 Å². The number of aliphatic carboxylic acids is 1. The molecule has 0 aromatic heterocycles. The van der Waals surface area contributed by atoms with Crippen molar-refractivity contribution in [3.63, 3.8) is 0 Å². The van der Waals surface area contributed by atoms with E-state index in [1.54, 1.807) is 6.07 Å². The van der Waals surface area contributed by atoms with Crippen LogP contribution in [-0.4, -0.2) is 30.3 Å². The monoisotopic (exact) mass is 354 g/mol. The molecule has 1 aliphatic heterocycles. The first-order chi connectivity index (χ1) is 12.6. The second-order valence-corrected chi connectivity index (χ2v) is 6.34. The summed E-state index contributed by atoms with van der Waals surface area (Å²) in [5, 5.41) is 8.77. The largest absolute Gasteiger partial charge is 0.493 e. The Morgan fingerprint density at radius 1 is 1.08 bits per heavy atom. The van der Waals surface area contributed by atoms with Gasteiger partial charge in [0.1, 0.15) is 5.75 Å². The standard InChI is InChI=1S/C20H18O6/c21-16-5-3-12-8-15(13-4-6-17-19(9-13)26-11-25-17)18(10-14(12)16)24-7-1-2-20(22)23/h4,6,8-10H,1-3,5,7,11H2,(H,22,23). The van der Waals surface area contributed by atoms with Crippen LogP contribution in [0.25, 0.3) is 11.1 Å². The Kier molecular flexibility index (Phi) is 4.24. The van der Waals surface area contributed by atoms with Crippen molar-refractivity contribution in [2.45, 2.75) is 25.7 Å². The summed E-state index contributed by atoms with van der Waals surface area (Å²) in [6, 6.07) is 9.45. The number of carbonyl (C=O) groups excluding carboxylic acids is 1. The number of hydrogen-bond donors (Lipinski definition) is 1. The van der Waals surface area contributed by atoms with E-state index in [1.165, 1.54) is 0 Å². The number of hydrogen-bond acceptors (Lipinski definition) is 5. The molecule has 0 saturated heterocycles. The van der Waals surface area contributed by atoms with Crippen LogP contribution < -0.4 is 14.2 Å². The topological polar surface area (TPSA) is 82.1 Å². The van der Waals surface area contributed by atoms with Crippen LogP contribution in [-0.2, 0) is 11.2 Å². The van der Waals surface area contributed by atoms with Crippen LogP contribution >= 0.6 is 0 Å². The number of carbonyl (C=O) groups is 2. The van der Waals surface area contributed by atoms with Crippen molar-refractivity contribution in [1.82, 2.24) is 0 Å². The fraction of sp³-hybridized carbons (Fsp3) is 0.300. The molecule has 6 heteroatoms. The molecule has 1 aliphatic carbocycles. The van der Waals surface area contributed by atoms with E-state index >= 15 is 0 Å². The molecule has 1 heterocycles. The molecule has 0 unspecified atom stereocenters. The molecule has 2 aromatic rings. The summed E-state index contributed by atoms with van der Waals surface area (Å²) >= 11 is 0. The van der Waals surface area contributed by atoms with Crippen molar-refractivity contribution < 1.29 is 28.9 Å². The molecule has 1 N–H and O–H groups in total. The van der Waals surface area contributed by atoms with Gasteiger partial charge in [-0.3, -0.25) is 9.59 Å². The zero-order valence-electron chi connectivity index (χ0n) is 14.1. The zero-order valence-corrected chi connectivity index (χ0v) is 14.1. The van der Waals surface area contributed by atoms with E-state index in [4.69, 9.17) is 19.3 Å². The van der Waals surface area contributed by atoms with Crippen molar-refractivity contribution in [1.29, 1.82) is 0 Å². The number of rotatable bonds is 6. The first kappa shape index (κ1) is 16.4. The quantitative estimate of drug-likeness (QED) is 0.800. The lowest BCUT2D eigenvalue weighted by molar-refractivity contribution is -0.137. The minimum Gasteiger partial charge on any atom is -0.493 e. The van der Waals surface area contributed by atoms with Crippen molar-refractivity contribution in [3.05, 3.63) is 41.5 Å². The smallest absolute Gasteiger partial charge is 0.303 e. The molecule has 26 heavy (non-hydrogen) atoms. The van der Waals surface area contributed by atoms with Crippen molar-refractivity contribution in [2.24, 2.45) is 0 Å². The molecule has 0 fully saturated rings. The molecule has 0 bridgehead atoms. The third-order valence-electron chi connectivity index (χ3n) is 4.60. The van der Waals surface area contributed by atoms with Crippen LogP contribution in [0.5, 0.6) is 17.2 Å². The molecular formula is C20H18O6. The third-order valence-corrected chi connectivity index (χ3v) is 4.60. The van der Waals surface area contributed by atoms with E-state index in [2.05, 4.69) is 0 Å². The molecule has 0 saturated carbocycles. The highest BCUT2D eigenvalue weighted by Crippen LogP contribution is 2.41. The van der Waals surface area contributed by atoms with Crippen LogP contribution in [0.3, 0.4) is 0 Å². The molecule has 4 rings (SSSR count). The number of ether oxygens (including phenoxy) is 3. The maximum atomic E-state index is 12.1. The van der Waals surface area contributed by atoms with Crippen molar-refractivity contribution >= 4 is 11.8 Å². The van der Waals surface area contributed by atoms with Crippen molar-refractivity contribution in [3.8, 4) is 28.4 Å². The van der Waals surface area contributed by atoms with Crippen LogP contribution in [0.4, 0.5) is 0 Å². The number of Topliss-reactive ketones (excluding diaryl/α,β-unsaturated/α-hetero) is 1. The minimum atomic E-state index is -0.853. The molecule has 6 nitrogen and oxygen atoms in total. The van der Waals surface area contributed by atoms with Crippen LogP contribution in [0.15, 0.2) is 30.3 Å². The lowest BCUT2D eigenvalue weighted by Crippen LogP contribution is -2.04. The normalized spacial score (nSPS) is 14.4. The Morgan fingerprint density at radius 3 is 2.77 bits per heavy atom. The van der Waals surface area contributed by atoms with E-state index in [0.29, 0.717) is 35.7 Å². The Hall–Kier alpha value is -3.02. The number of fused-ring (bicyclic) bond motifs is 2. The Morgan fingerprint density at radius 2 is 1.92 bits per heavy atom. The van der Waals surface area contributed by atoms with Crippen LogP contribution in [0.1, 0.15) is 35.2 Å². The van der Waals surface area contributed by atoms with Gasteiger partial charge in [-0.1, -0.05) is 6.07 Å². The number of carboxylic acid groups (broad SMARTS) is 1. The van der Waals surface area contributed by atoms with Gasteiger partial charge in [0.15, 0.2) is 17.3 Å². The number of carboxylic acids is 1. The van der Waals surface area contributed by atoms with E-state index in [0.717, 1.165) is 23.1 Å². The summed E-state index contributed by atoms with van der Waals surface area (Å²) in [6.07, 6.45) is 1.69. The summed E-state index contributed by atoms with van der Waals surface area (Å²) in [4.78, 5) is 22.7.